The molecule has 20 heavy (non-hydrogen) atoms. The number of nitrogens with zero attached hydrogens (tertiary/aromatic N) is 4. The monoisotopic (exact) mass is 268 g/mol. The van der Waals surface area contributed by atoms with Gasteiger partial charge in [0.05, 0.1) is 0 Å². The van der Waals surface area contributed by atoms with E-state index in [1.54, 1.807) is 24.5 Å². The van der Waals surface area contributed by atoms with Crippen LogP contribution in [0.2, 0.25) is 0 Å². The Hall–Kier alpha value is -2.76. The van der Waals surface area contributed by atoms with Gasteiger partial charge in [-0.15, -0.1) is 0 Å². The molecule has 0 amide bonds. The van der Waals surface area contributed by atoms with Crippen LogP contribution in [0, 0.1) is 13.8 Å². The SMILES string of the molecule is Cc1cnc(-c2noc(-c3ccc(C)c(O)c3)n2)nc1. The normalized spacial score (nSPS) is 10.7. The molecule has 0 spiro atoms. The molecule has 1 aromatic carbocycles. The van der Waals surface area contributed by atoms with Crippen LogP contribution >= 0.6 is 0 Å². The number of phenols is 1. The van der Waals surface area contributed by atoms with Crippen LogP contribution in [0.4, 0.5) is 0 Å². The fraction of sp³-hybridized carbons (Fsp3) is 0.143. The van der Waals surface area contributed by atoms with Gasteiger partial charge in [0.1, 0.15) is 5.75 Å². The summed E-state index contributed by atoms with van der Waals surface area (Å²) in [6.07, 6.45) is 3.38. The van der Waals surface area contributed by atoms with Crippen molar-refractivity contribution < 1.29 is 9.63 Å². The average molecular weight is 268 g/mol. The number of aromatic hydroxyl groups is 1. The van der Waals surface area contributed by atoms with Crippen molar-refractivity contribution in [3.63, 3.8) is 0 Å². The fourth-order valence-electron chi connectivity index (χ4n) is 1.68. The molecule has 6 heteroatoms. The molecule has 0 fully saturated rings. The molecule has 2 aromatic heterocycles. The third kappa shape index (κ3) is 2.23. The minimum absolute atomic E-state index is 0.189. The Balaban J connectivity index is 1.97. The van der Waals surface area contributed by atoms with Crippen molar-refractivity contribution in [3.05, 3.63) is 41.7 Å². The number of benzene rings is 1. The molecule has 0 aliphatic rings. The third-order valence-corrected chi connectivity index (χ3v) is 2.86. The Morgan fingerprint density at radius 2 is 1.80 bits per heavy atom. The molecule has 3 aromatic rings. The molecule has 1 N–H and O–H groups in total. The number of hydrogen-bond acceptors (Lipinski definition) is 6. The highest BCUT2D eigenvalue weighted by atomic mass is 16.5. The fourth-order valence-corrected chi connectivity index (χ4v) is 1.68. The zero-order valence-electron chi connectivity index (χ0n) is 11.0. The first-order valence-corrected chi connectivity index (χ1v) is 6.06. The van der Waals surface area contributed by atoms with Gasteiger partial charge in [-0.05, 0) is 37.1 Å². The summed E-state index contributed by atoms with van der Waals surface area (Å²) in [5.74, 6) is 1.23. The number of aromatic nitrogens is 4. The van der Waals surface area contributed by atoms with Gasteiger partial charge in [0.25, 0.3) is 5.89 Å². The van der Waals surface area contributed by atoms with Crippen LogP contribution in [0.25, 0.3) is 23.1 Å². The maximum Gasteiger partial charge on any atom is 0.258 e. The molecule has 2 heterocycles. The van der Waals surface area contributed by atoms with Crippen LogP contribution in [0.15, 0.2) is 35.1 Å². The molecule has 0 saturated heterocycles. The number of rotatable bonds is 2. The predicted molar refractivity (Wildman–Crippen MR) is 71.9 cm³/mol. The zero-order valence-corrected chi connectivity index (χ0v) is 11.0. The van der Waals surface area contributed by atoms with Crippen molar-refractivity contribution in [2.24, 2.45) is 0 Å². The van der Waals surface area contributed by atoms with E-state index in [1.807, 2.05) is 19.9 Å². The Labute approximate surface area is 115 Å². The molecule has 0 saturated carbocycles. The molecule has 0 bridgehead atoms. The van der Waals surface area contributed by atoms with Crippen LogP contribution in [0.3, 0.4) is 0 Å². The van der Waals surface area contributed by atoms with Gasteiger partial charge in [0.2, 0.25) is 11.6 Å². The lowest BCUT2D eigenvalue weighted by Crippen LogP contribution is -1.90. The van der Waals surface area contributed by atoms with Gasteiger partial charge in [-0.1, -0.05) is 11.2 Å². The highest BCUT2D eigenvalue weighted by Gasteiger charge is 2.13. The summed E-state index contributed by atoms with van der Waals surface area (Å²) in [6, 6.07) is 5.18. The lowest BCUT2D eigenvalue weighted by Gasteiger charge is -1.99. The van der Waals surface area contributed by atoms with E-state index in [0.717, 1.165) is 11.1 Å². The van der Waals surface area contributed by atoms with E-state index >= 15 is 0 Å². The molecular weight excluding hydrogens is 256 g/mol. The molecule has 0 aliphatic carbocycles. The van der Waals surface area contributed by atoms with Gasteiger partial charge in [-0.3, -0.25) is 0 Å². The average Bonchev–Trinajstić information content (AvgIpc) is 2.92. The first kappa shape index (κ1) is 12.3. The molecule has 3 rings (SSSR count). The predicted octanol–water partition coefficient (Wildman–Crippen LogP) is 2.52. The van der Waals surface area contributed by atoms with Crippen LogP contribution in [0.5, 0.6) is 5.75 Å². The van der Waals surface area contributed by atoms with Gasteiger partial charge in [0.15, 0.2) is 0 Å². The van der Waals surface area contributed by atoms with Crippen molar-refractivity contribution in [3.8, 4) is 28.9 Å². The van der Waals surface area contributed by atoms with Crippen molar-refractivity contribution in [2.45, 2.75) is 13.8 Å². The molecular formula is C14H12N4O2. The van der Waals surface area contributed by atoms with E-state index in [4.69, 9.17) is 4.52 Å². The first-order valence-electron chi connectivity index (χ1n) is 6.06. The van der Waals surface area contributed by atoms with Crippen LogP contribution < -0.4 is 0 Å². The maximum atomic E-state index is 9.70. The van der Waals surface area contributed by atoms with Crippen LogP contribution in [-0.4, -0.2) is 25.2 Å². The van der Waals surface area contributed by atoms with Crippen molar-refractivity contribution in [2.75, 3.05) is 0 Å². The van der Waals surface area contributed by atoms with E-state index in [-0.39, 0.29) is 5.75 Å². The summed E-state index contributed by atoms with van der Waals surface area (Å²) in [7, 11) is 0. The zero-order chi connectivity index (χ0) is 14.1. The molecule has 0 aliphatic heterocycles. The number of phenolic OH excluding ortho intramolecular Hbond substituents is 1. The second-order valence-corrected chi connectivity index (χ2v) is 4.51. The quantitative estimate of drug-likeness (QED) is 0.768. The Morgan fingerprint density at radius 3 is 2.50 bits per heavy atom. The first-order chi connectivity index (χ1) is 9.63. The lowest BCUT2D eigenvalue weighted by atomic mass is 10.1. The maximum absolute atomic E-state index is 9.70. The lowest BCUT2D eigenvalue weighted by molar-refractivity contribution is 0.431. The van der Waals surface area contributed by atoms with E-state index in [9.17, 15) is 5.11 Å². The van der Waals surface area contributed by atoms with E-state index in [1.165, 1.54) is 0 Å². The largest absolute Gasteiger partial charge is 0.508 e. The highest BCUT2D eigenvalue weighted by molar-refractivity contribution is 5.59. The summed E-state index contributed by atoms with van der Waals surface area (Å²) >= 11 is 0. The minimum Gasteiger partial charge on any atom is -0.508 e. The number of aryl methyl sites for hydroxylation is 2. The van der Waals surface area contributed by atoms with Gasteiger partial charge in [-0.25, -0.2) is 9.97 Å². The Bertz CT molecular complexity index is 750. The van der Waals surface area contributed by atoms with E-state index in [0.29, 0.717) is 23.1 Å². The summed E-state index contributed by atoms with van der Waals surface area (Å²) in [5, 5.41) is 13.6. The minimum atomic E-state index is 0.189. The van der Waals surface area contributed by atoms with Gasteiger partial charge in [-0.2, -0.15) is 4.98 Å². The number of hydrogen-bond donors (Lipinski definition) is 1. The van der Waals surface area contributed by atoms with Gasteiger partial charge < -0.3 is 9.63 Å². The van der Waals surface area contributed by atoms with E-state index < -0.39 is 0 Å². The van der Waals surface area contributed by atoms with Gasteiger partial charge >= 0.3 is 0 Å². The Kier molecular flexibility index (Phi) is 2.90. The summed E-state index contributed by atoms with van der Waals surface area (Å²) in [4.78, 5) is 12.5. The third-order valence-electron chi connectivity index (χ3n) is 2.86. The second kappa shape index (κ2) is 4.73. The molecule has 0 atom stereocenters. The van der Waals surface area contributed by atoms with Gasteiger partial charge in [0, 0.05) is 18.0 Å². The topological polar surface area (TPSA) is 84.9 Å². The smallest absolute Gasteiger partial charge is 0.258 e. The van der Waals surface area contributed by atoms with Crippen molar-refractivity contribution >= 4 is 0 Å². The highest BCUT2D eigenvalue weighted by Crippen LogP contribution is 2.25. The molecule has 100 valence electrons. The van der Waals surface area contributed by atoms with Crippen LogP contribution in [-0.2, 0) is 0 Å². The standard InChI is InChI=1S/C14H12N4O2/c1-8-6-15-12(16-7-8)13-17-14(20-18-13)10-4-3-9(2)11(19)5-10/h3-7,19H,1-2H3. The molecule has 6 nitrogen and oxygen atoms in total. The van der Waals surface area contributed by atoms with E-state index in [2.05, 4.69) is 20.1 Å². The Morgan fingerprint density at radius 1 is 1.05 bits per heavy atom. The van der Waals surface area contributed by atoms with Crippen LogP contribution in [0.1, 0.15) is 11.1 Å². The van der Waals surface area contributed by atoms with Crippen molar-refractivity contribution in [1.82, 2.24) is 20.1 Å². The second-order valence-electron chi connectivity index (χ2n) is 4.51. The summed E-state index contributed by atoms with van der Waals surface area (Å²) in [6.45, 7) is 3.72. The molecule has 0 radical (unpaired) electrons. The summed E-state index contributed by atoms with van der Waals surface area (Å²) < 4.78 is 5.18. The van der Waals surface area contributed by atoms with Crippen molar-refractivity contribution in [1.29, 1.82) is 0 Å². The summed E-state index contributed by atoms with van der Waals surface area (Å²) in [5.41, 5.74) is 2.40. The molecule has 0 unspecified atom stereocenters.